The molecule has 4 heteroatoms. The Kier molecular flexibility index (Phi) is 4.95. The Balaban J connectivity index is 1.78. The Bertz CT molecular complexity index is 500. The van der Waals surface area contributed by atoms with Crippen molar-refractivity contribution < 1.29 is 4.79 Å². The molecule has 0 saturated carbocycles. The zero-order chi connectivity index (χ0) is 13.5. The summed E-state index contributed by atoms with van der Waals surface area (Å²) in [6.45, 7) is 2.19. The number of anilines is 1. The van der Waals surface area contributed by atoms with E-state index in [-0.39, 0.29) is 5.91 Å². The van der Waals surface area contributed by atoms with E-state index in [9.17, 15) is 4.79 Å². The lowest BCUT2D eigenvalue weighted by Gasteiger charge is -2.01. The maximum absolute atomic E-state index is 11.8. The monoisotopic (exact) mass is 259 g/mol. The molecule has 2 aromatic rings. The number of carbonyl (C=O) groups excluding carboxylic acids is 1. The summed E-state index contributed by atoms with van der Waals surface area (Å²) in [4.78, 5) is 19.2. The van der Waals surface area contributed by atoms with Gasteiger partial charge in [0.05, 0.1) is 11.0 Å². The Labute approximate surface area is 113 Å². The number of H-pyrrole nitrogens is 1. The van der Waals surface area contributed by atoms with E-state index in [1.807, 2.05) is 24.3 Å². The first-order valence-electron chi connectivity index (χ1n) is 7.04. The lowest BCUT2D eigenvalue weighted by atomic mass is 10.1. The molecule has 19 heavy (non-hydrogen) atoms. The van der Waals surface area contributed by atoms with Gasteiger partial charge in [0, 0.05) is 6.42 Å². The summed E-state index contributed by atoms with van der Waals surface area (Å²) in [5, 5.41) is 2.82. The molecule has 0 spiro atoms. The van der Waals surface area contributed by atoms with Gasteiger partial charge in [-0.2, -0.15) is 0 Å². The minimum absolute atomic E-state index is 0.0376. The van der Waals surface area contributed by atoms with E-state index in [1.54, 1.807) is 0 Å². The van der Waals surface area contributed by atoms with E-state index in [0.29, 0.717) is 12.4 Å². The molecule has 102 valence electrons. The van der Waals surface area contributed by atoms with Crippen molar-refractivity contribution in [2.24, 2.45) is 0 Å². The molecule has 1 heterocycles. The summed E-state index contributed by atoms with van der Waals surface area (Å²) >= 11 is 0. The van der Waals surface area contributed by atoms with Crippen molar-refractivity contribution in [2.45, 2.75) is 45.4 Å². The van der Waals surface area contributed by atoms with Crippen LogP contribution in [0.25, 0.3) is 11.0 Å². The van der Waals surface area contributed by atoms with E-state index in [2.05, 4.69) is 22.2 Å². The van der Waals surface area contributed by atoms with Gasteiger partial charge < -0.3 is 4.98 Å². The van der Waals surface area contributed by atoms with Crippen LogP contribution in [0.5, 0.6) is 0 Å². The van der Waals surface area contributed by atoms with Gasteiger partial charge in [0.1, 0.15) is 0 Å². The van der Waals surface area contributed by atoms with Crippen molar-refractivity contribution in [2.75, 3.05) is 5.32 Å². The number of aromatic nitrogens is 2. The van der Waals surface area contributed by atoms with Crippen LogP contribution in [0.3, 0.4) is 0 Å². The maximum atomic E-state index is 11.8. The molecule has 2 rings (SSSR count). The van der Waals surface area contributed by atoms with E-state index < -0.39 is 0 Å². The lowest BCUT2D eigenvalue weighted by molar-refractivity contribution is -0.116. The van der Waals surface area contributed by atoms with Crippen LogP contribution in [-0.4, -0.2) is 15.9 Å². The fourth-order valence-corrected chi connectivity index (χ4v) is 2.10. The van der Waals surface area contributed by atoms with Crippen molar-refractivity contribution in [3.63, 3.8) is 0 Å². The zero-order valence-corrected chi connectivity index (χ0v) is 11.4. The highest BCUT2D eigenvalue weighted by atomic mass is 16.1. The van der Waals surface area contributed by atoms with Crippen molar-refractivity contribution in [1.82, 2.24) is 9.97 Å². The third-order valence-corrected chi connectivity index (χ3v) is 3.15. The number of nitrogens with one attached hydrogen (secondary N) is 2. The molecule has 0 atom stereocenters. The highest BCUT2D eigenvalue weighted by molar-refractivity contribution is 5.90. The van der Waals surface area contributed by atoms with Crippen LogP contribution in [-0.2, 0) is 4.79 Å². The van der Waals surface area contributed by atoms with E-state index in [1.165, 1.54) is 19.3 Å². The topological polar surface area (TPSA) is 57.8 Å². The molecule has 0 saturated heterocycles. The van der Waals surface area contributed by atoms with Gasteiger partial charge in [-0.25, -0.2) is 4.98 Å². The molecule has 1 aromatic carbocycles. The number of para-hydroxylation sites is 2. The van der Waals surface area contributed by atoms with Crippen molar-refractivity contribution in [3.05, 3.63) is 24.3 Å². The normalized spacial score (nSPS) is 10.8. The molecule has 0 unspecified atom stereocenters. The number of carbonyl (C=O) groups is 1. The highest BCUT2D eigenvalue weighted by Crippen LogP contribution is 2.13. The second-order valence-electron chi connectivity index (χ2n) is 4.81. The SMILES string of the molecule is CCCCCCCC(=O)Nc1nc2ccccc2[nH]1. The van der Waals surface area contributed by atoms with Gasteiger partial charge in [-0.05, 0) is 18.6 Å². The number of rotatable bonds is 7. The molecule has 0 bridgehead atoms. The van der Waals surface area contributed by atoms with Crippen LogP contribution < -0.4 is 5.32 Å². The van der Waals surface area contributed by atoms with Crippen molar-refractivity contribution in [1.29, 1.82) is 0 Å². The van der Waals surface area contributed by atoms with Gasteiger partial charge in [-0.1, -0.05) is 44.7 Å². The average Bonchev–Trinajstić information content (AvgIpc) is 2.80. The van der Waals surface area contributed by atoms with E-state index >= 15 is 0 Å². The standard InChI is InChI=1S/C15H21N3O/c1-2-3-4-5-6-11-14(19)18-15-16-12-9-7-8-10-13(12)17-15/h7-10H,2-6,11H2,1H3,(H2,16,17,18,19). The van der Waals surface area contributed by atoms with Gasteiger partial charge in [0.2, 0.25) is 11.9 Å². The van der Waals surface area contributed by atoms with Crippen LogP contribution in [0.2, 0.25) is 0 Å². The molecule has 0 fully saturated rings. The maximum Gasteiger partial charge on any atom is 0.226 e. The summed E-state index contributed by atoms with van der Waals surface area (Å²) in [7, 11) is 0. The lowest BCUT2D eigenvalue weighted by Crippen LogP contribution is -2.12. The molecule has 1 aromatic heterocycles. The van der Waals surface area contributed by atoms with Gasteiger partial charge in [0.15, 0.2) is 0 Å². The van der Waals surface area contributed by atoms with Crippen LogP contribution in [0.1, 0.15) is 45.4 Å². The smallest absolute Gasteiger partial charge is 0.226 e. The number of fused-ring (bicyclic) bond motifs is 1. The molecule has 1 amide bonds. The number of imidazole rings is 1. The highest BCUT2D eigenvalue weighted by Gasteiger charge is 2.06. The fourth-order valence-electron chi connectivity index (χ4n) is 2.10. The summed E-state index contributed by atoms with van der Waals surface area (Å²) < 4.78 is 0. The molecular formula is C15H21N3O. The summed E-state index contributed by atoms with van der Waals surface area (Å²) in [5.41, 5.74) is 1.82. The summed E-state index contributed by atoms with van der Waals surface area (Å²) in [5.74, 6) is 0.579. The predicted octanol–water partition coefficient (Wildman–Crippen LogP) is 3.86. The number of amides is 1. The molecule has 4 nitrogen and oxygen atoms in total. The molecule has 0 radical (unpaired) electrons. The second-order valence-corrected chi connectivity index (χ2v) is 4.81. The van der Waals surface area contributed by atoms with Gasteiger partial charge in [0.25, 0.3) is 0 Å². The number of hydrogen-bond acceptors (Lipinski definition) is 2. The minimum atomic E-state index is 0.0376. The quantitative estimate of drug-likeness (QED) is 0.742. The fraction of sp³-hybridized carbons (Fsp3) is 0.467. The Morgan fingerprint density at radius 1 is 1.21 bits per heavy atom. The number of benzene rings is 1. The Morgan fingerprint density at radius 3 is 2.79 bits per heavy atom. The van der Waals surface area contributed by atoms with E-state index in [4.69, 9.17) is 0 Å². The Morgan fingerprint density at radius 2 is 2.00 bits per heavy atom. The molecule has 0 aliphatic rings. The molecule has 2 N–H and O–H groups in total. The number of unbranched alkanes of at least 4 members (excludes halogenated alkanes) is 4. The largest absolute Gasteiger partial charge is 0.324 e. The zero-order valence-electron chi connectivity index (χ0n) is 11.4. The molecular weight excluding hydrogens is 238 g/mol. The summed E-state index contributed by atoms with van der Waals surface area (Å²) in [6.07, 6.45) is 6.35. The van der Waals surface area contributed by atoms with Crippen LogP contribution >= 0.6 is 0 Å². The Hall–Kier alpha value is -1.84. The first-order valence-corrected chi connectivity index (χ1v) is 7.04. The van der Waals surface area contributed by atoms with Crippen LogP contribution in [0.4, 0.5) is 5.95 Å². The van der Waals surface area contributed by atoms with Gasteiger partial charge in [-0.3, -0.25) is 10.1 Å². The average molecular weight is 259 g/mol. The van der Waals surface area contributed by atoms with Crippen LogP contribution in [0, 0.1) is 0 Å². The molecule has 0 aliphatic carbocycles. The second kappa shape index (κ2) is 6.92. The number of hydrogen-bond donors (Lipinski definition) is 2. The number of nitrogens with zero attached hydrogens (tertiary/aromatic N) is 1. The number of aromatic amines is 1. The minimum Gasteiger partial charge on any atom is -0.324 e. The molecule has 0 aliphatic heterocycles. The third-order valence-electron chi connectivity index (χ3n) is 3.15. The van der Waals surface area contributed by atoms with Gasteiger partial charge in [-0.15, -0.1) is 0 Å². The first-order chi connectivity index (χ1) is 9.29. The van der Waals surface area contributed by atoms with Crippen molar-refractivity contribution >= 4 is 22.9 Å². The third kappa shape index (κ3) is 4.09. The van der Waals surface area contributed by atoms with Gasteiger partial charge >= 0.3 is 0 Å². The summed E-state index contributed by atoms with van der Waals surface area (Å²) in [6, 6.07) is 7.75. The van der Waals surface area contributed by atoms with Crippen molar-refractivity contribution in [3.8, 4) is 0 Å². The van der Waals surface area contributed by atoms with E-state index in [0.717, 1.165) is 23.9 Å². The van der Waals surface area contributed by atoms with Crippen LogP contribution in [0.15, 0.2) is 24.3 Å². The first kappa shape index (κ1) is 13.6. The predicted molar refractivity (Wildman–Crippen MR) is 78.1 cm³/mol.